The monoisotopic (exact) mass is 380 g/mol. The molecule has 3 aromatic rings. The summed E-state index contributed by atoms with van der Waals surface area (Å²) >= 11 is 4.78. The summed E-state index contributed by atoms with van der Waals surface area (Å²) in [6.45, 7) is 7.31. The van der Waals surface area contributed by atoms with Crippen LogP contribution in [0.15, 0.2) is 32.8 Å². The molecule has 0 bridgehead atoms. The number of aromatic nitrogens is 2. The van der Waals surface area contributed by atoms with Crippen LogP contribution in [0.2, 0.25) is 0 Å². The van der Waals surface area contributed by atoms with Gasteiger partial charge in [0.1, 0.15) is 4.83 Å². The van der Waals surface area contributed by atoms with Gasteiger partial charge in [-0.25, -0.2) is 4.98 Å². The first-order chi connectivity index (χ1) is 11.6. The van der Waals surface area contributed by atoms with E-state index in [2.05, 4.69) is 0 Å². The van der Waals surface area contributed by atoms with E-state index >= 15 is 0 Å². The van der Waals surface area contributed by atoms with Crippen molar-refractivity contribution >= 4 is 44.7 Å². The van der Waals surface area contributed by atoms with E-state index in [4.69, 9.17) is 9.72 Å². The molecule has 3 aromatic heterocycles. The fourth-order valence-corrected chi connectivity index (χ4v) is 5.12. The Bertz CT molecular complexity index is 866. The van der Waals surface area contributed by atoms with Crippen LogP contribution in [0.4, 0.5) is 0 Å². The summed E-state index contributed by atoms with van der Waals surface area (Å²) < 4.78 is 7.35. The van der Waals surface area contributed by atoms with Gasteiger partial charge in [0.25, 0.3) is 5.56 Å². The molecule has 128 valence electrons. The van der Waals surface area contributed by atoms with Crippen molar-refractivity contribution in [2.24, 2.45) is 0 Å². The molecule has 0 spiro atoms. The minimum absolute atomic E-state index is 0.0550. The Labute approximate surface area is 153 Å². The largest absolute Gasteiger partial charge is 0.378 e. The van der Waals surface area contributed by atoms with E-state index in [0.717, 1.165) is 31.6 Å². The molecular formula is C17H20N2O2S3. The zero-order chi connectivity index (χ0) is 17.1. The van der Waals surface area contributed by atoms with Crippen LogP contribution in [0.25, 0.3) is 20.7 Å². The molecule has 0 aliphatic carbocycles. The van der Waals surface area contributed by atoms with E-state index in [0.29, 0.717) is 13.2 Å². The van der Waals surface area contributed by atoms with Crippen molar-refractivity contribution in [1.29, 1.82) is 0 Å². The maximum Gasteiger partial charge on any atom is 0.263 e. The average Bonchev–Trinajstić information content (AvgIpc) is 3.20. The predicted octanol–water partition coefficient (Wildman–Crippen LogP) is 4.72. The Balaban J connectivity index is 1.96. The van der Waals surface area contributed by atoms with Gasteiger partial charge in [-0.3, -0.25) is 9.36 Å². The van der Waals surface area contributed by atoms with Crippen LogP contribution in [0.5, 0.6) is 0 Å². The molecule has 3 heterocycles. The highest BCUT2D eigenvalue weighted by atomic mass is 32.2. The fraction of sp³-hybridized carbons (Fsp3) is 0.412. The molecule has 0 N–H and O–H groups in total. The molecule has 0 saturated carbocycles. The first-order valence-corrected chi connectivity index (χ1v) is 10.7. The SMILES string of the molecule is CCn1c(SCCOC(C)C)nc2scc(-c3cccs3)c2c1=O. The van der Waals surface area contributed by atoms with Gasteiger partial charge in [-0.15, -0.1) is 22.7 Å². The van der Waals surface area contributed by atoms with E-state index in [1.165, 1.54) is 0 Å². The van der Waals surface area contributed by atoms with Gasteiger partial charge in [0.15, 0.2) is 5.16 Å². The standard InChI is InChI=1S/C17H20N2O2S3/c1-4-19-16(20)14-12(13-6-5-8-22-13)10-24-15(14)18-17(19)23-9-7-21-11(2)3/h5-6,8,10-11H,4,7,9H2,1-3H3. The normalized spacial score (nSPS) is 11.7. The summed E-state index contributed by atoms with van der Waals surface area (Å²) in [6.07, 6.45) is 0.222. The maximum atomic E-state index is 13.0. The number of hydrogen-bond acceptors (Lipinski definition) is 6. The van der Waals surface area contributed by atoms with Crippen LogP contribution < -0.4 is 5.56 Å². The van der Waals surface area contributed by atoms with Gasteiger partial charge >= 0.3 is 0 Å². The smallest absolute Gasteiger partial charge is 0.263 e. The van der Waals surface area contributed by atoms with Gasteiger partial charge < -0.3 is 4.74 Å². The lowest BCUT2D eigenvalue weighted by molar-refractivity contribution is 0.0920. The number of thioether (sulfide) groups is 1. The minimum atomic E-state index is 0.0550. The van der Waals surface area contributed by atoms with Crippen molar-refractivity contribution in [2.75, 3.05) is 12.4 Å². The van der Waals surface area contributed by atoms with E-state index in [1.807, 2.05) is 43.7 Å². The van der Waals surface area contributed by atoms with Crippen LogP contribution in [0, 0.1) is 0 Å². The lowest BCUT2D eigenvalue weighted by atomic mass is 10.2. The molecule has 24 heavy (non-hydrogen) atoms. The number of ether oxygens (including phenoxy) is 1. The summed E-state index contributed by atoms with van der Waals surface area (Å²) in [7, 11) is 0. The number of fused-ring (bicyclic) bond motifs is 1. The minimum Gasteiger partial charge on any atom is -0.378 e. The van der Waals surface area contributed by atoms with Gasteiger partial charge in [0.05, 0.1) is 18.1 Å². The highest BCUT2D eigenvalue weighted by Gasteiger charge is 2.17. The van der Waals surface area contributed by atoms with Crippen molar-refractivity contribution < 1.29 is 4.74 Å². The molecule has 0 atom stereocenters. The summed E-state index contributed by atoms with van der Waals surface area (Å²) in [5.41, 5.74) is 1.06. The zero-order valence-electron chi connectivity index (χ0n) is 13.9. The van der Waals surface area contributed by atoms with Crippen LogP contribution in [-0.2, 0) is 11.3 Å². The number of nitrogens with zero attached hydrogens (tertiary/aromatic N) is 2. The third kappa shape index (κ3) is 3.59. The summed E-state index contributed by atoms with van der Waals surface area (Å²) in [5, 5.41) is 5.60. The second-order valence-corrected chi connectivity index (χ2v) is 8.39. The number of hydrogen-bond donors (Lipinski definition) is 0. The Hall–Kier alpha value is -1.15. The van der Waals surface area contributed by atoms with Crippen molar-refractivity contribution in [3.8, 4) is 10.4 Å². The van der Waals surface area contributed by atoms with Crippen LogP contribution in [0.1, 0.15) is 20.8 Å². The van der Waals surface area contributed by atoms with Crippen molar-refractivity contribution in [3.05, 3.63) is 33.2 Å². The van der Waals surface area contributed by atoms with Crippen molar-refractivity contribution in [2.45, 2.75) is 38.6 Å². The molecule has 3 rings (SSSR count). The van der Waals surface area contributed by atoms with Gasteiger partial charge in [0, 0.05) is 28.1 Å². The highest BCUT2D eigenvalue weighted by molar-refractivity contribution is 7.99. The van der Waals surface area contributed by atoms with E-state index in [9.17, 15) is 4.79 Å². The summed E-state index contributed by atoms with van der Waals surface area (Å²) in [5.74, 6) is 0.791. The van der Waals surface area contributed by atoms with E-state index in [-0.39, 0.29) is 11.7 Å². The second kappa shape index (κ2) is 7.82. The topological polar surface area (TPSA) is 44.1 Å². The zero-order valence-corrected chi connectivity index (χ0v) is 16.4. The van der Waals surface area contributed by atoms with E-state index in [1.54, 1.807) is 39.0 Å². The van der Waals surface area contributed by atoms with Gasteiger partial charge in [0.2, 0.25) is 0 Å². The molecule has 0 aromatic carbocycles. The van der Waals surface area contributed by atoms with E-state index < -0.39 is 0 Å². The molecule has 0 saturated heterocycles. The molecule has 0 unspecified atom stereocenters. The molecule has 4 nitrogen and oxygen atoms in total. The molecule has 0 aliphatic rings. The number of thiophene rings is 2. The molecule has 0 fully saturated rings. The van der Waals surface area contributed by atoms with Crippen LogP contribution in [0.3, 0.4) is 0 Å². The van der Waals surface area contributed by atoms with Crippen molar-refractivity contribution in [3.63, 3.8) is 0 Å². The molecule has 0 aliphatic heterocycles. The van der Waals surface area contributed by atoms with Gasteiger partial charge in [-0.2, -0.15) is 0 Å². The Morgan fingerprint density at radius 1 is 1.38 bits per heavy atom. The highest BCUT2D eigenvalue weighted by Crippen LogP contribution is 2.34. The van der Waals surface area contributed by atoms with Gasteiger partial charge in [-0.05, 0) is 32.2 Å². The first-order valence-electron chi connectivity index (χ1n) is 7.92. The molecular weight excluding hydrogens is 360 g/mol. The third-order valence-electron chi connectivity index (χ3n) is 3.53. The summed E-state index contributed by atoms with van der Waals surface area (Å²) in [4.78, 5) is 19.7. The van der Waals surface area contributed by atoms with Crippen LogP contribution >= 0.6 is 34.4 Å². The summed E-state index contributed by atoms with van der Waals surface area (Å²) in [6, 6.07) is 4.06. The first kappa shape index (κ1) is 17.7. The molecule has 0 radical (unpaired) electrons. The third-order valence-corrected chi connectivity index (χ3v) is 6.24. The molecule has 7 heteroatoms. The van der Waals surface area contributed by atoms with Crippen LogP contribution in [-0.4, -0.2) is 28.0 Å². The average molecular weight is 381 g/mol. The van der Waals surface area contributed by atoms with Gasteiger partial charge in [-0.1, -0.05) is 17.8 Å². The van der Waals surface area contributed by atoms with Crippen molar-refractivity contribution in [1.82, 2.24) is 9.55 Å². The number of rotatable bonds is 7. The quantitative estimate of drug-likeness (QED) is 0.338. The molecule has 0 amide bonds. The maximum absolute atomic E-state index is 13.0. The predicted molar refractivity (Wildman–Crippen MR) is 105 cm³/mol. The fourth-order valence-electron chi connectivity index (χ4n) is 2.42. The lowest BCUT2D eigenvalue weighted by Gasteiger charge is -2.11. The lowest BCUT2D eigenvalue weighted by Crippen LogP contribution is -2.22. The Morgan fingerprint density at radius 2 is 2.21 bits per heavy atom. The second-order valence-electron chi connectivity index (χ2n) is 5.52. The Morgan fingerprint density at radius 3 is 2.88 bits per heavy atom. The Kier molecular flexibility index (Phi) is 5.76.